The first kappa shape index (κ1) is 12.0. The van der Waals surface area contributed by atoms with Crippen LogP contribution in [0.3, 0.4) is 0 Å². The first-order valence-electron chi connectivity index (χ1n) is 5.08. The molecule has 1 nitrogen and oxygen atoms in total. The van der Waals surface area contributed by atoms with Gasteiger partial charge in [-0.15, -0.1) is 0 Å². The molecule has 0 heterocycles. The van der Waals surface area contributed by atoms with Crippen LogP contribution < -0.4 is 0 Å². The van der Waals surface area contributed by atoms with Gasteiger partial charge >= 0.3 is 0 Å². The van der Waals surface area contributed by atoms with Crippen LogP contribution in [0.5, 0.6) is 5.75 Å². The van der Waals surface area contributed by atoms with Gasteiger partial charge in [-0.3, -0.25) is 0 Å². The van der Waals surface area contributed by atoms with Crippen LogP contribution in [0, 0.1) is 0 Å². The smallest absolute Gasteiger partial charge is 0.141 e. The van der Waals surface area contributed by atoms with Gasteiger partial charge in [-0.25, -0.2) is 0 Å². The Hall–Kier alpha value is -1.44. The lowest BCUT2D eigenvalue weighted by atomic mass is 10.1. The van der Waals surface area contributed by atoms with Crippen molar-refractivity contribution in [3.05, 3.63) is 63.6 Å². The first-order valence-corrected chi connectivity index (χ1v) is 5.83. The maximum Gasteiger partial charge on any atom is 0.141 e. The fraction of sp³-hybridized carbons (Fsp3) is 0. The highest BCUT2D eigenvalue weighted by Gasteiger charge is 2.04. The second-order valence-corrected chi connectivity index (χ2v) is 4.41. The predicted molar refractivity (Wildman–Crippen MR) is 73.5 cm³/mol. The highest BCUT2D eigenvalue weighted by molar-refractivity contribution is 6.35. The van der Waals surface area contributed by atoms with E-state index < -0.39 is 0 Å². The van der Waals surface area contributed by atoms with Crippen molar-refractivity contribution in [3.8, 4) is 5.75 Å². The molecule has 0 aromatic heterocycles. The number of hydrogen-bond acceptors (Lipinski definition) is 1. The first-order chi connectivity index (χ1) is 8.16. The van der Waals surface area contributed by atoms with E-state index >= 15 is 0 Å². The average Bonchev–Trinajstić information content (AvgIpc) is 2.33. The highest BCUT2D eigenvalue weighted by Crippen LogP contribution is 2.32. The Morgan fingerprint density at radius 1 is 0.941 bits per heavy atom. The quantitative estimate of drug-likeness (QED) is 0.768. The molecule has 2 rings (SSSR count). The van der Waals surface area contributed by atoms with Crippen molar-refractivity contribution < 1.29 is 5.11 Å². The molecule has 0 saturated carbocycles. The molecule has 0 unspecified atom stereocenters. The van der Waals surface area contributed by atoms with Crippen LogP contribution in [0.4, 0.5) is 0 Å². The van der Waals surface area contributed by atoms with Crippen LogP contribution in [0.15, 0.2) is 42.5 Å². The molecule has 17 heavy (non-hydrogen) atoms. The van der Waals surface area contributed by atoms with Gasteiger partial charge in [-0.1, -0.05) is 65.7 Å². The topological polar surface area (TPSA) is 20.2 Å². The van der Waals surface area contributed by atoms with Gasteiger partial charge in [0.1, 0.15) is 5.75 Å². The summed E-state index contributed by atoms with van der Waals surface area (Å²) in [7, 11) is 0. The number of aromatic hydroxyl groups is 1. The Morgan fingerprint density at radius 3 is 2.35 bits per heavy atom. The van der Waals surface area contributed by atoms with Crippen LogP contribution in [0.25, 0.3) is 12.2 Å². The minimum absolute atomic E-state index is 0.0447. The zero-order chi connectivity index (χ0) is 12.3. The van der Waals surface area contributed by atoms with Crippen molar-refractivity contribution in [2.24, 2.45) is 0 Å². The lowest BCUT2D eigenvalue weighted by molar-refractivity contribution is 0.474. The maximum atomic E-state index is 9.76. The maximum absolute atomic E-state index is 9.76. The van der Waals surface area contributed by atoms with E-state index in [4.69, 9.17) is 23.2 Å². The molecular weight excluding hydrogens is 255 g/mol. The van der Waals surface area contributed by atoms with Crippen LogP contribution in [-0.2, 0) is 0 Å². The third-order valence-electron chi connectivity index (χ3n) is 2.31. The normalized spacial score (nSPS) is 10.9. The second-order valence-electron chi connectivity index (χ2n) is 3.57. The summed E-state index contributed by atoms with van der Waals surface area (Å²) in [6.07, 6.45) is 3.67. The van der Waals surface area contributed by atoms with Gasteiger partial charge in [0.05, 0.1) is 5.02 Å². The third-order valence-corrected chi connectivity index (χ3v) is 2.82. The fourth-order valence-electron chi connectivity index (χ4n) is 1.46. The lowest BCUT2D eigenvalue weighted by Gasteiger charge is -2.02. The third kappa shape index (κ3) is 3.02. The van der Waals surface area contributed by atoms with Gasteiger partial charge in [0.25, 0.3) is 0 Å². The summed E-state index contributed by atoms with van der Waals surface area (Å²) in [4.78, 5) is 0. The zero-order valence-corrected chi connectivity index (χ0v) is 10.4. The average molecular weight is 265 g/mol. The van der Waals surface area contributed by atoms with Gasteiger partial charge in [0.2, 0.25) is 0 Å². The Bertz CT molecular complexity index is 548. The highest BCUT2D eigenvalue weighted by atomic mass is 35.5. The summed E-state index contributed by atoms with van der Waals surface area (Å²) < 4.78 is 0. The molecule has 0 bridgehead atoms. The van der Waals surface area contributed by atoms with E-state index in [1.807, 2.05) is 36.4 Å². The predicted octanol–water partition coefficient (Wildman–Crippen LogP) is 4.87. The minimum Gasteiger partial charge on any atom is -0.506 e. The van der Waals surface area contributed by atoms with E-state index in [-0.39, 0.29) is 10.8 Å². The zero-order valence-electron chi connectivity index (χ0n) is 8.90. The van der Waals surface area contributed by atoms with Gasteiger partial charge in [0, 0.05) is 10.6 Å². The van der Waals surface area contributed by atoms with Crippen molar-refractivity contribution in [2.45, 2.75) is 0 Å². The van der Waals surface area contributed by atoms with Crippen molar-refractivity contribution in [1.82, 2.24) is 0 Å². The summed E-state index contributed by atoms with van der Waals surface area (Å²) in [6.45, 7) is 0. The Labute approximate surface area is 110 Å². The van der Waals surface area contributed by atoms with Gasteiger partial charge in [-0.2, -0.15) is 0 Å². The molecule has 0 aliphatic rings. The molecule has 0 saturated heterocycles. The number of phenols is 1. The fourth-order valence-corrected chi connectivity index (χ4v) is 1.97. The second kappa shape index (κ2) is 5.26. The van der Waals surface area contributed by atoms with E-state index in [9.17, 15) is 5.11 Å². The van der Waals surface area contributed by atoms with E-state index in [1.54, 1.807) is 12.1 Å². The van der Waals surface area contributed by atoms with Crippen LogP contribution >= 0.6 is 23.2 Å². The van der Waals surface area contributed by atoms with E-state index in [0.717, 1.165) is 5.56 Å². The summed E-state index contributed by atoms with van der Waals surface area (Å²) in [6, 6.07) is 13.0. The van der Waals surface area contributed by atoms with Crippen LogP contribution in [0.2, 0.25) is 10.0 Å². The number of benzene rings is 2. The summed E-state index contributed by atoms with van der Waals surface area (Å²) >= 11 is 11.7. The molecule has 0 atom stereocenters. The lowest BCUT2D eigenvalue weighted by Crippen LogP contribution is -1.77. The molecule has 0 radical (unpaired) electrons. The van der Waals surface area contributed by atoms with E-state index in [1.165, 1.54) is 6.07 Å². The summed E-state index contributed by atoms with van der Waals surface area (Å²) in [5, 5.41) is 10.5. The van der Waals surface area contributed by atoms with Crippen molar-refractivity contribution in [1.29, 1.82) is 0 Å². The molecular formula is C14H10Cl2O. The molecule has 0 spiro atoms. The molecule has 2 aromatic rings. The van der Waals surface area contributed by atoms with E-state index in [2.05, 4.69) is 0 Å². The monoisotopic (exact) mass is 264 g/mol. The Balaban J connectivity index is 2.33. The summed E-state index contributed by atoms with van der Waals surface area (Å²) in [5.74, 6) is 0.0447. The molecule has 0 aliphatic carbocycles. The minimum atomic E-state index is 0.0447. The number of hydrogen-bond donors (Lipinski definition) is 1. The number of halogens is 2. The molecule has 0 fully saturated rings. The molecule has 3 heteroatoms. The Morgan fingerprint density at radius 2 is 1.65 bits per heavy atom. The van der Waals surface area contributed by atoms with Gasteiger partial charge in [-0.05, 0) is 17.7 Å². The molecule has 0 amide bonds. The SMILES string of the molecule is Oc1c(Cl)cc(Cl)cc1/C=C/c1ccccc1. The van der Waals surface area contributed by atoms with Gasteiger partial charge < -0.3 is 5.11 Å². The number of phenolic OH excluding ortho intramolecular Hbond substituents is 1. The molecule has 86 valence electrons. The molecule has 1 N–H and O–H groups in total. The molecule has 2 aromatic carbocycles. The Kier molecular flexibility index (Phi) is 3.72. The van der Waals surface area contributed by atoms with Crippen LogP contribution in [-0.4, -0.2) is 5.11 Å². The molecule has 0 aliphatic heterocycles. The van der Waals surface area contributed by atoms with Crippen molar-refractivity contribution in [2.75, 3.05) is 0 Å². The van der Waals surface area contributed by atoms with E-state index in [0.29, 0.717) is 10.6 Å². The van der Waals surface area contributed by atoms with Gasteiger partial charge in [0.15, 0.2) is 0 Å². The van der Waals surface area contributed by atoms with Crippen LogP contribution in [0.1, 0.15) is 11.1 Å². The number of rotatable bonds is 2. The standard InChI is InChI=1S/C14H10Cl2O/c15-12-8-11(14(17)13(16)9-12)7-6-10-4-2-1-3-5-10/h1-9,17H/b7-6+. The van der Waals surface area contributed by atoms with Crippen molar-refractivity contribution in [3.63, 3.8) is 0 Å². The largest absolute Gasteiger partial charge is 0.506 e. The van der Waals surface area contributed by atoms with Crippen molar-refractivity contribution >= 4 is 35.4 Å². The summed E-state index contributed by atoms with van der Waals surface area (Å²) in [5.41, 5.74) is 1.65.